The summed E-state index contributed by atoms with van der Waals surface area (Å²) in [5.74, 6) is -0.761. The second-order valence-electron chi connectivity index (χ2n) is 8.92. The first-order valence-corrected chi connectivity index (χ1v) is 11.1. The molecule has 1 aliphatic heterocycles. The second kappa shape index (κ2) is 9.77. The maximum absolute atomic E-state index is 13.3. The largest absolute Gasteiger partial charge is 0.504 e. The van der Waals surface area contributed by atoms with Crippen molar-refractivity contribution >= 4 is 11.8 Å². The van der Waals surface area contributed by atoms with Gasteiger partial charge in [-0.1, -0.05) is 19.9 Å². The standard InChI is InChI=1S/C25H33NO6/c1-6-30-10-11-32-24(29)21-15(3)26-17-13-25(4,5)14-19(28)23(17)22(21)16-8-9-18(27)20(12-16)31-7-2/h8-9,12,22,26-27H,6-7,10-11,13-14H2,1-5H3/t22-/m1/s1. The number of ether oxygens (including phenoxy) is 3. The lowest BCUT2D eigenvalue weighted by Gasteiger charge is -2.39. The van der Waals surface area contributed by atoms with E-state index in [1.165, 1.54) is 6.07 Å². The second-order valence-corrected chi connectivity index (χ2v) is 8.92. The lowest BCUT2D eigenvalue weighted by Crippen LogP contribution is -2.38. The Kier molecular flexibility index (Phi) is 7.29. The van der Waals surface area contributed by atoms with Crippen LogP contribution < -0.4 is 10.1 Å². The molecule has 0 spiro atoms. The third-order valence-electron chi connectivity index (χ3n) is 5.74. The van der Waals surface area contributed by atoms with Gasteiger partial charge in [0.15, 0.2) is 17.3 Å². The number of phenolic OH excluding ortho intramolecular Hbond substituents is 1. The third kappa shape index (κ3) is 4.99. The van der Waals surface area contributed by atoms with E-state index in [0.29, 0.717) is 60.8 Å². The summed E-state index contributed by atoms with van der Waals surface area (Å²) in [7, 11) is 0. The summed E-state index contributed by atoms with van der Waals surface area (Å²) in [5.41, 5.74) is 3.00. The highest BCUT2D eigenvalue weighted by atomic mass is 16.6. The van der Waals surface area contributed by atoms with E-state index in [-0.39, 0.29) is 23.6 Å². The molecule has 7 nitrogen and oxygen atoms in total. The van der Waals surface area contributed by atoms with Crippen molar-refractivity contribution in [2.75, 3.05) is 26.4 Å². The lowest BCUT2D eigenvalue weighted by molar-refractivity contribution is -0.140. The van der Waals surface area contributed by atoms with E-state index in [9.17, 15) is 14.7 Å². The highest BCUT2D eigenvalue weighted by Gasteiger charge is 2.43. The molecule has 2 N–H and O–H groups in total. The van der Waals surface area contributed by atoms with E-state index < -0.39 is 11.9 Å². The molecule has 0 radical (unpaired) electrons. The number of nitrogens with one attached hydrogen (secondary N) is 1. The predicted molar refractivity (Wildman–Crippen MR) is 120 cm³/mol. The quantitative estimate of drug-likeness (QED) is 0.464. The number of aromatic hydroxyl groups is 1. The van der Waals surface area contributed by atoms with Crippen LogP contribution in [0.25, 0.3) is 0 Å². The maximum Gasteiger partial charge on any atom is 0.336 e. The molecule has 0 fully saturated rings. The van der Waals surface area contributed by atoms with Crippen molar-refractivity contribution in [3.63, 3.8) is 0 Å². The van der Waals surface area contributed by atoms with Crippen LogP contribution in [0.15, 0.2) is 40.7 Å². The number of dihydropyridines is 1. The average molecular weight is 444 g/mol. The van der Waals surface area contributed by atoms with Crippen molar-refractivity contribution in [3.05, 3.63) is 46.3 Å². The van der Waals surface area contributed by atoms with Crippen molar-refractivity contribution in [1.82, 2.24) is 5.32 Å². The van der Waals surface area contributed by atoms with Crippen molar-refractivity contribution in [2.45, 2.75) is 53.4 Å². The van der Waals surface area contributed by atoms with Crippen LogP contribution in [0.4, 0.5) is 0 Å². The molecule has 2 aliphatic rings. The van der Waals surface area contributed by atoms with Gasteiger partial charge < -0.3 is 24.6 Å². The minimum absolute atomic E-state index is 0.00639. The number of rotatable bonds is 8. The minimum Gasteiger partial charge on any atom is -0.504 e. The van der Waals surface area contributed by atoms with E-state index in [1.54, 1.807) is 12.1 Å². The number of hydrogen-bond donors (Lipinski definition) is 2. The van der Waals surface area contributed by atoms with Gasteiger partial charge in [0.05, 0.1) is 18.8 Å². The fourth-order valence-corrected chi connectivity index (χ4v) is 4.44. The monoisotopic (exact) mass is 443 g/mol. The average Bonchev–Trinajstić information content (AvgIpc) is 2.71. The normalized spacial score (nSPS) is 20.0. The topological polar surface area (TPSA) is 94.1 Å². The van der Waals surface area contributed by atoms with E-state index in [4.69, 9.17) is 14.2 Å². The zero-order chi connectivity index (χ0) is 23.5. The molecular weight excluding hydrogens is 410 g/mol. The molecular formula is C25H33NO6. The molecule has 174 valence electrons. The van der Waals surface area contributed by atoms with E-state index in [2.05, 4.69) is 19.2 Å². The molecule has 0 saturated heterocycles. The summed E-state index contributed by atoms with van der Waals surface area (Å²) >= 11 is 0. The SMILES string of the molecule is CCOCCOC(=O)C1=C(C)NC2=C(C(=O)CC(C)(C)C2)[C@@H]1c1ccc(O)c(OCC)c1. The molecule has 0 unspecified atom stereocenters. The number of phenols is 1. The zero-order valence-electron chi connectivity index (χ0n) is 19.5. The molecule has 1 aliphatic carbocycles. The number of esters is 1. The van der Waals surface area contributed by atoms with Gasteiger partial charge in [-0.05, 0) is 50.3 Å². The lowest BCUT2D eigenvalue weighted by atomic mass is 9.68. The summed E-state index contributed by atoms with van der Waals surface area (Å²) in [6, 6.07) is 4.96. The number of benzene rings is 1. The Morgan fingerprint density at radius 2 is 1.94 bits per heavy atom. The van der Waals surface area contributed by atoms with Gasteiger partial charge in [0.2, 0.25) is 0 Å². The fraction of sp³-hybridized carbons (Fsp3) is 0.520. The number of carbonyl (C=O) groups excluding carboxylic acids is 2. The molecule has 1 atom stereocenters. The summed E-state index contributed by atoms with van der Waals surface area (Å²) < 4.78 is 16.3. The highest BCUT2D eigenvalue weighted by molar-refractivity contribution is 6.04. The van der Waals surface area contributed by atoms with Gasteiger partial charge in [-0.2, -0.15) is 0 Å². The van der Waals surface area contributed by atoms with E-state index in [0.717, 1.165) is 5.70 Å². The van der Waals surface area contributed by atoms with Gasteiger partial charge in [0.25, 0.3) is 0 Å². The summed E-state index contributed by atoms with van der Waals surface area (Å²) in [4.78, 5) is 26.5. The first-order valence-electron chi connectivity index (χ1n) is 11.1. The Balaban J connectivity index is 2.07. The predicted octanol–water partition coefficient (Wildman–Crippen LogP) is 3.97. The van der Waals surface area contributed by atoms with Gasteiger partial charge in [-0.3, -0.25) is 4.79 Å². The van der Waals surface area contributed by atoms with Gasteiger partial charge in [0, 0.05) is 35.9 Å². The van der Waals surface area contributed by atoms with Crippen LogP contribution in [0.1, 0.15) is 58.9 Å². The Hall–Kier alpha value is -2.80. The van der Waals surface area contributed by atoms with Crippen LogP contribution in [-0.2, 0) is 19.1 Å². The number of allylic oxidation sites excluding steroid dienone is 3. The van der Waals surface area contributed by atoms with Crippen molar-refractivity contribution in [2.24, 2.45) is 5.41 Å². The number of carbonyl (C=O) groups is 2. The van der Waals surface area contributed by atoms with Gasteiger partial charge in [-0.25, -0.2) is 4.79 Å². The smallest absolute Gasteiger partial charge is 0.336 e. The van der Waals surface area contributed by atoms with Gasteiger partial charge >= 0.3 is 5.97 Å². The molecule has 7 heteroatoms. The number of hydrogen-bond acceptors (Lipinski definition) is 7. The van der Waals surface area contributed by atoms with Crippen LogP contribution in [0.2, 0.25) is 0 Å². The molecule has 0 aromatic heterocycles. The Morgan fingerprint density at radius 1 is 1.19 bits per heavy atom. The van der Waals surface area contributed by atoms with Crippen LogP contribution in [0.5, 0.6) is 11.5 Å². The Labute approximate surface area is 189 Å². The van der Waals surface area contributed by atoms with Crippen LogP contribution in [0, 0.1) is 5.41 Å². The third-order valence-corrected chi connectivity index (χ3v) is 5.74. The van der Waals surface area contributed by atoms with Crippen LogP contribution in [0.3, 0.4) is 0 Å². The summed E-state index contributed by atoms with van der Waals surface area (Å²) in [6.07, 6.45) is 1.09. The molecule has 3 rings (SSSR count). The minimum atomic E-state index is -0.603. The van der Waals surface area contributed by atoms with Gasteiger partial charge in [0.1, 0.15) is 6.61 Å². The Bertz CT molecular complexity index is 959. The summed E-state index contributed by atoms with van der Waals surface area (Å²) in [6.45, 7) is 11.0. The molecule has 1 heterocycles. The first kappa shape index (κ1) is 23.9. The first-order chi connectivity index (χ1) is 15.2. The molecule has 0 bridgehead atoms. The Morgan fingerprint density at radius 3 is 2.62 bits per heavy atom. The fourth-order valence-electron chi connectivity index (χ4n) is 4.44. The molecule has 1 aromatic carbocycles. The summed E-state index contributed by atoms with van der Waals surface area (Å²) in [5, 5.41) is 13.5. The molecule has 0 amide bonds. The van der Waals surface area contributed by atoms with Crippen molar-refractivity contribution in [1.29, 1.82) is 0 Å². The molecule has 1 aromatic rings. The van der Waals surface area contributed by atoms with Gasteiger partial charge in [-0.15, -0.1) is 0 Å². The zero-order valence-corrected chi connectivity index (χ0v) is 19.5. The van der Waals surface area contributed by atoms with E-state index in [1.807, 2.05) is 20.8 Å². The van der Waals surface area contributed by atoms with Crippen molar-refractivity contribution < 1.29 is 28.9 Å². The van der Waals surface area contributed by atoms with Crippen LogP contribution >= 0.6 is 0 Å². The number of ketones is 1. The molecule has 0 saturated carbocycles. The molecule has 32 heavy (non-hydrogen) atoms. The number of Topliss-reactive ketones (excluding diaryl/α,β-unsaturated/α-hetero) is 1. The van der Waals surface area contributed by atoms with E-state index >= 15 is 0 Å². The van der Waals surface area contributed by atoms with Crippen LogP contribution in [-0.4, -0.2) is 43.3 Å². The van der Waals surface area contributed by atoms with Crippen molar-refractivity contribution in [3.8, 4) is 11.5 Å². The maximum atomic E-state index is 13.3. The highest BCUT2D eigenvalue weighted by Crippen LogP contribution is 2.47.